The standard InChI is InChI=1S/C22H19O7P.C7H17NO5/c1-13-7-9-15(11-19(13)23)22(18-6-4-3-5-17(18)21(24)28-22)16-10-8-14(2)20(12-16)29-30(25,26)27;1-8-2-4(10)6(12)7(13)5(11)3-9/h3-12,23H,1-2H3,(H2,25,26,27);4-13H,2-3H2,1H3/t;4-,5+,6+,7+/m.0/s1. The summed E-state index contributed by atoms with van der Waals surface area (Å²) >= 11 is 0. The highest BCUT2D eigenvalue weighted by Gasteiger charge is 2.49. The van der Waals surface area contributed by atoms with E-state index in [2.05, 4.69) is 5.32 Å². The van der Waals surface area contributed by atoms with E-state index >= 15 is 0 Å². The molecule has 0 saturated heterocycles. The van der Waals surface area contributed by atoms with Gasteiger partial charge in [0.25, 0.3) is 0 Å². The Morgan fingerprint density at radius 3 is 2.07 bits per heavy atom. The lowest BCUT2D eigenvalue weighted by Crippen LogP contribution is -2.48. The maximum Gasteiger partial charge on any atom is 0.524 e. The van der Waals surface area contributed by atoms with Crippen LogP contribution in [-0.2, 0) is 14.9 Å². The van der Waals surface area contributed by atoms with Crippen LogP contribution in [0.4, 0.5) is 0 Å². The molecule has 0 radical (unpaired) electrons. The van der Waals surface area contributed by atoms with Crippen LogP contribution in [0, 0.1) is 13.8 Å². The van der Waals surface area contributed by atoms with Crippen molar-refractivity contribution >= 4 is 13.8 Å². The third-order valence-electron chi connectivity index (χ3n) is 6.94. The summed E-state index contributed by atoms with van der Waals surface area (Å²) in [5.41, 5.74) is 1.59. The average molecular weight is 622 g/mol. The maximum absolute atomic E-state index is 12.7. The number of aryl methyl sites for hydroxylation is 2. The molecule has 3 aromatic rings. The van der Waals surface area contributed by atoms with Gasteiger partial charge in [-0.25, -0.2) is 9.36 Å². The number of fused-ring (bicyclic) bond motifs is 1. The van der Waals surface area contributed by atoms with Crippen molar-refractivity contribution < 1.29 is 59.0 Å². The maximum atomic E-state index is 12.7. The number of esters is 1. The predicted molar refractivity (Wildman–Crippen MR) is 153 cm³/mol. The molecular formula is C29H36NO12P. The largest absolute Gasteiger partial charge is 0.524 e. The first-order valence-electron chi connectivity index (χ1n) is 13.1. The van der Waals surface area contributed by atoms with Crippen molar-refractivity contribution in [1.82, 2.24) is 5.32 Å². The number of aliphatic hydroxyl groups excluding tert-OH is 5. The van der Waals surface area contributed by atoms with Crippen LogP contribution in [0.1, 0.15) is 38.2 Å². The third kappa shape index (κ3) is 7.60. The Kier molecular flexibility index (Phi) is 11.1. The molecule has 234 valence electrons. The van der Waals surface area contributed by atoms with Gasteiger partial charge in [0.15, 0.2) is 5.60 Å². The topological polar surface area (TPSA) is 226 Å². The van der Waals surface area contributed by atoms with Gasteiger partial charge in [-0.15, -0.1) is 0 Å². The number of hydrogen-bond acceptors (Lipinski definition) is 11. The van der Waals surface area contributed by atoms with Crippen LogP contribution >= 0.6 is 7.82 Å². The normalized spacial score (nSPS) is 18.9. The number of ether oxygens (including phenoxy) is 1. The number of phenolic OH excluding ortho intramolecular Hbond substituents is 1. The van der Waals surface area contributed by atoms with Gasteiger partial charge in [0, 0.05) is 23.2 Å². The summed E-state index contributed by atoms with van der Waals surface area (Å²) in [5, 5.41) is 57.8. The van der Waals surface area contributed by atoms with Crippen LogP contribution in [0.5, 0.6) is 11.5 Å². The second-order valence-corrected chi connectivity index (χ2v) is 11.2. The molecule has 1 unspecified atom stereocenters. The van der Waals surface area contributed by atoms with Crippen molar-refractivity contribution in [3.8, 4) is 11.5 Å². The van der Waals surface area contributed by atoms with Crippen molar-refractivity contribution in [2.45, 2.75) is 43.9 Å². The molecule has 0 saturated carbocycles. The average Bonchev–Trinajstić information content (AvgIpc) is 3.27. The Morgan fingerprint density at radius 2 is 1.49 bits per heavy atom. The number of aliphatic hydroxyl groups is 5. The van der Waals surface area contributed by atoms with E-state index in [-0.39, 0.29) is 18.0 Å². The Balaban J connectivity index is 0.000000331. The van der Waals surface area contributed by atoms with Gasteiger partial charge in [0.2, 0.25) is 0 Å². The monoisotopic (exact) mass is 621 g/mol. The number of phosphoric acid groups is 1. The number of cyclic esters (lactones) is 1. The number of carbonyl (C=O) groups is 1. The SMILES string of the molecule is CNC[C@H](O)[C@@H](O)[C@H](O)[C@H](O)CO.Cc1ccc(C2(c3ccc(C)c(OP(=O)(O)O)c3)OC(=O)c3ccccc32)cc1O. The molecule has 1 aliphatic rings. The molecule has 0 amide bonds. The first kappa shape index (κ1) is 34.1. The number of aromatic hydroxyl groups is 1. The van der Waals surface area contributed by atoms with E-state index in [9.17, 15) is 29.4 Å². The molecule has 0 bridgehead atoms. The zero-order valence-electron chi connectivity index (χ0n) is 23.7. The minimum Gasteiger partial charge on any atom is -0.508 e. The first-order valence-corrected chi connectivity index (χ1v) is 14.7. The Bertz CT molecular complexity index is 1480. The molecular weight excluding hydrogens is 585 g/mol. The van der Waals surface area contributed by atoms with E-state index in [0.717, 1.165) is 0 Å². The fourth-order valence-electron chi connectivity index (χ4n) is 4.58. The molecule has 0 spiro atoms. The number of hydrogen-bond donors (Lipinski definition) is 9. The number of likely N-dealkylation sites (N-methyl/N-ethyl adjacent to an activating group) is 1. The van der Waals surface area contributed by atoms with Crippen LogP contribution in [0.2, 0.25) is 0 Å². The molecule has 4 rings (SSSR count). The van der Waals surface area contributed by atoms with Gasteiger partial charge in [0.05, 0.1) is 18.3 Å². The minimum atomic E-state index is -4.80. The molecule has 3 aromatic carbocycles. The zero-order chi connectivity index (χ0) is 32.1. The molecule has 1 heterocycles. The quantitative estimate of drug-likeness (QED) is 0.112. The smallest absolute Gasteiger partial charge is 0.508 e. The van der Waals surface area contributed by atoms with Gasteiger partial charge in [-0.3, -0.25) is 9.79 Å². The van der Waals surface area contributed by atoms with Gasteiger partial charge in [0.1, 0.15) is 29.8 Å². The number of phenols is 1. The Labute approximate surface area is 247 Å². The zero-order valence-corrected chi connectivity index (χ0v) is 24.5. The van der Waals surface area contributed by atoms with Gasteiger partial charge >= 0.3 is 13.8 Å². The van der Waals surface area contributed by atoms with Crippen molar-refractivity contribution in [3.63, 3.8) is 0 Å². The van der Waals surface area contributed by atoms with E-state index in [1.165, 1.54) is 12.1 Å². The molecule has 0 fully saturated rings. The van der Waals surface area contributed by atoms with Crippen LogP contribution in [0.25, 0.3) is 0 Å². The molecule has 5 atom stereocenters. The first-order chi connectivity index (χ1) is 20.2. The summed E-state index contributed by atoms with van der Waals surface area (Å²) in [6, 6.07) is 16.6. The Hall–Kier alpha value is -3.36. The van der Waals surface area contributed by atoms with Gasteiger partial charge in [-0.2, -0.15) is 0 Å². The molecule has 14 heteroatoms. The van der Waals surface area contributed by atoms with Crippen molar-refractivity contribution in [2.24, 2.45) is 0 Å². The van der Waals surface area contributed by atoms with Gasteiger partial charge < -0.3 is 45.2 Å². The van der Waals surface area contributed by atoms with Crippen LogP contribution in [0.15, 0.2) is 60.7 Å². The number of benzene rings is 3. The highest BCUT2D eigenvalue weighted by Crippen LogP contribution is 2.49. The van der Waals surface area contributed by atoms with Crippen LogP contribution in [0.3, 0.4) is 0 Å². The molecule has 9 N–H and O–H groups in total. The second-order valence-electron chi connectivity index (χ2n) is 10.0. The lowest BCUT2D eigenvalue weighted by molar-refractivity contribution is -0.113. The number of rotatable bonds is 10. The van der Waals surface area contributed by atoms with Crippen LogP contribution in [-0.4, -0.2) is 91.0 Å². The Morgan fingerprint density at radius 1 is 0.907 bits per heavy atom. The number of phosphoric ester groups is 1. The number of nitrogens with one attached hydrogen (secondary N) is 1. The van der Waals surface area contributed by atoms with E-state index < -0.39 is 50.4 Å². The van der Waals surface area contributed by atoms with E-state index in [1.807, 2.05) is 0 Å². The summed E-state index contributed by atoms with van der Waals surface area (Å²) in [5.74, 6) is -0.535. The van der Waals surface area contributed by atoms with E-state index in [0.29, 0.717) is 33.4 Å². The highest BCUT2D eigenvalue weighted by molar-refractivity contribution is 7.46. The third-order valence-corrected chi connectivity index (χ3v) is 7.37. The van der Waals surface area contributed by atoms with E-state index in [4.69, 9.17) is 29.7 Å². The highest BCUT2D eigenvalue weighted by atomic mass is 31.2. The predicted octanol–water partition coefficient (Wildman–Crippen LogP) is 0.585. The molecule has 0 aliphatic carbocycles. The van der Waals surface area contributed by atoms with E-state index in [1.54, 1.807) is 69.4 Å². The summed E-state index contributed by atoms with van der Waals surface area (Å²) in [6.07, 6.45) is -5.65. The van der Waals surface area contributed by atoms with Gasteiger partial charge in [-0.1, -0.05) is 42.5 Å². The van der Waals surface area contributed by atoms with Crippen molar-refractivity contribution in [2.75, 3.05) is 20.2 Å². The lowest BCUT2D eigenvalue weighted by Gasteiger charge is -2.31. The summed E-state index contributed by atoms with van der Waals surface area (Å²) < 4.78 is 22.2. The molecule has 13 nitrogen and oxygen atoms in total. The van der Waals surface area contributed by atoms with Crippen molar-refractivity contribution in [3.05, 3.63) is 94.0 Å². The molecule has 0 aromatic heterocycles. The fraction of sp³-hybridized carbons (Fsp3) is 0.345. The number of carbonyl (C=O) groups excluding carboxylic acids is 1. The molecule has 1 aliphatic heterocycles. The lowest BCUT2D eigenvalue weighted by atomic mass is 9.79. The van der Waals surface area contributed by atoms with Crippen molar-refractivity contribution in [1.29, 1.82) is 0 Å². The fourth-order valence-corrected chi connectivity index (χ4v) is 5.03. The minimum absolute atomic E-state index is 0.0306. The second kappa shape index (κ2) is 14.0. The summed E-state index contributed by atoms with van der Waals surface area (Å²) in [4.78, 5) is 31.3. The van der Waals surface area contributed by atoms with Crippen LogP contribution < -0.4 is 9.84 Å². The molecule has 43 heavy (non-hydrogen) atoms. The van der Waals surface area contributed by atoms with Gasteiger partial charge in [-0.05, 0) is 50.2 Å². The summed E-state index contributed by atoms with van der Waals surface area (Å²) in [7, 11) is -3.23. The summed E-state index contributed by atoms with van der Waals surface area (Å²) in [6.45, 7) is 2.83.